The second-order valence-electron chi connectivity index (χ2n) is 6.12. The van der Waals surface area contributed by atoms with E-state index in [9.17, 15) is 9.59 Å². The maximum absolute atomic E-state index is 12.0. The van der Waals surface area contributed by atoms with Gasteiger partial charge in [0.25, 0.3) is 0 Å². The Bertz CT molecular complexity index is 768. The van der Waals surface area contributed by atoms with Crippen molar-refractivity contribution in [1.82, 2.24) is 10.3 Å². The Hall–Kier alpha value is -2.95. The van der Waals surface area contributed by atoms with Crippen molar-refractivity contribution in [2.45, 2.75) is 25.8 Å². The van der Waals surface area contributed by atoms with Crippen LogP contribution in [0.25, 0.3) is 6.08 Å². The number of hydrogen-bond acceptors (Lipinski definition) is 3. The van der Waals surface area contributed by atoms with Crippen molar-refractivity contribution in [3.8, 4) is 0 Å². The number of benzene rings is 1. The third-order valence-electron chi connectivity index (χ3n) is 4.23. The molecule has 128 valence electrons. The molecule has 0 spiro atoms. The first-order valence-electron chi connectivity index (χ1n) is 8.47. The molecule has 3 rings (SSSR count). The Labute approximate surface area is 147 Å². The summed E-state index contributed by atoms with van der Waals surface area (Å²) in [6, 6.07) is 13.1. The molecule has 2 amide bonds. The van der Waals surface area contributed by atoms with Gasteiger partial charge in [0.05, 0.1) is 5.69 Å². The minimum atomic E-state index is -0.186. The Morgan fingerprint density at radius 1 is 1.16 bits per heavy atom. The predicted octanol–water partition coefficient (Wildman–Crippen LogP) is 3.15. The largest absolute Gasteiger partial charge is 0.348 e. The average molecular weight is 335 g/mol. The first-order valence-corrected chi connectivity index (χ1v) is 8.47. The second kappa shape index (κ2) is 8.24. The molecule has 0 aliphatic heterocycles. The molecule has 0 bridgehead atoms. The van der Waals surface area contributed by atoms with Crippen LogP contribution in [0.3, 0.4) is 0 Å². The average Bonchev–Trinajstić information content (AvgIpc) is 2.58. The SMILES string of the molecule is O=C(/C=C/c1ccccn1)NCc1cccc(NC(=O)C2CCC2)c1. The molecule has 2 N–H and O–H groups in total. The van der Waals surface area contributed by atoms with Gasteiger partial charge in [-0.05, 0) is 48.7 Å². The van der Waals surface area contributed by atoms with Gasteiger partial charge >= 0.3 is 0 Å². The molecule has 0 radical (unpaired) electrons. The topological polar surface area (TPSA) is 71.1 Å². The molecule has 5 heteroatoms. The van der Waals surface area contributed by atoms with Crippen LogP contribution in [0, 0.1) is 5.92 Å². The van der Waals surface area contributed by atoms with E-state index in [0.29, 0.717) is 6.54 Å². The minimum absolute atomic E-state index is 0.0886. The zero-order valence-corrected chi connectivity index (χ0v) is 13.9. The summed E-state index contributed by atoms with van der Waals surface area (Å²) in [6.07, 6.45) is 7.90. The molecule has 2 aromatic rings. The summed E-state index contributed by atoms with van der Waals surface area (Å²) in [7, 11) is 0. The van der Waals surface area contributed by atoms with Crippen LogP contribution in [0.5, 0.6) is 0 Å². The summed E-state index contributed by atoms with van der Waals surface area (Å²) in [4.78, 5) is 28.0. The predicted molar refractivity (Wildman–Crippen MR) is 97.5 cm³/mol. The van der Waals surface area contributed by atoms with Crippen LogP contribution in [0.4, 0.5) is 5.69 Å². The quantitative estimate of drug-likeness (QED) is 0.797. The number of nitrogens with zero attached hydrogens (tertiary/aromatic N) is 1. The van der Waals surface area contributed by atoms with E-state index in [1.54, 1.807) is 12.3 Å². The maximum Gasteiger partial charge on any atom is 0.244 e. The van der Waals surface area contributed by atoms with E-state index < -0.39 is 0 Å². The molecule has 1 aromatic heterocycles. The monoisotopic (exact) mass is 335 g/mol. The van der Waals surface area contributed by atoms with E-state index in [-0.39, 0.29) is 17.7 Å². The van der Waals surface area contributed by atoms with Gasteiger partial charge in [0.2, 0.25) is 11.8 Å². The molecule has 5 nitrogen and oxygen atoms in total. The number of anilines is 1. The molecule has 1 fully saturated rings. The van der Waals surface area contributed by atoms with Gasteiger partial charge in [0.15, 0.2) is 0 Å². The second-order valence-corrected chi connectivity index (χ2v) is 6.12. The molecule has 1 heterocycles. The first-order chi connectivity index (χ1) is 12.2. The number of amides is 2. The van der Waals surface area contributed by atoms with Gasteiger partial charge in [-0.1, -0.05) is 24.6 Å². The molecule has 0 saturated heterocycles. The molecule has 0 unspecified atom stereocenters. The smallest absolute Gasteiger partial charge is 0.244 e. The standard InChI is InChI=1S/C20H21N3O2/c24-19(11-10-17-8-1-2-12-21-17)22-14-15-5-3-9-18(13-15)23-20(25)16-6-4-7-16/h1-3,5,8-13,16H,4,6-7,14H2,(H,22,24)(H,23,25)/b11-10+. The van der Waals surface area contributed by atoms with E-state index in [0.717, 1.165) is 36.2 Å². The Balaban J connectivity index is 1.50. The van der Waals surface area contributed by atoms with Crippen molar-refractivity contribution in [3.63, 3.8) is 0 Å². The molecule has 1 aromatic carbocycles. The van der Waals surface area contributed by atoms with Crippen LogP contribution < -0.4 is 10.6 Å². The number of nitrogens with one attached hydrogen (secondary N) is 2. The first kappa shape index (κ1) is 16.9. The molecule has 1 aliphatic carbocycles. The lowest BCUT2D eigenvalue weighted by atomic mass is 9.85. The fourth-order valence-corrected chi connectivity index (χ4v) is 2.56. The molecule has 1 saturated carbocycles. The van der Waals surface area contributed by atoms with E-state index in [1.807, 2.05) is 42.5 Å². The van der Waals surface area contributed by atoms with Crippen molar-refractivity contribution in [3.05, 3.63) is 66.0 Å². The van der Waals surface area contributed by atoms with Crippen LogP contribution in [0.2, 0.25) is 0 Å². The van der Waals surface area contributed by atoms with Gasteiger partial charge in [-0.2, -0.15) is 0 Å². The third-order valence-corrected chi connectivity index (χ3v) is 4.23. The van der Waals surface area contributed by atoms with Crippen LogP contribution in [0.1, 0.15) is 30.5 Å². The third kappa shape index (κ3) is 5.01. The fraction of sp³-hybridized carbons (Fsp3) is 0.250. The normalized spacial score (nSPS) is 14.1. The zero-order valence-electron chi connectivity index (χ0n) is 13.9. The number of carbonyl (C=O) groups excluding carboxylic acids is 2. The highest BCUT2D eigenvalue weighted by molar-refractivity contribution is 5.93. The van der Waals surface area contributed by atoms with Gasteiger partial charge < -0.3 is 10.6 Å². The lowest BCUT2D eigenvalue weighted by Crippen LogP contribution is -2.28. The summed E-state index contributed by atoms with van der Waals surface area (Å²) < 4.78 is 0. The van der Waals surface area contributed by atoms with Gasteiger partial charge in [0.1, 0.15) is 0 Å². The van der Waals surface area contributed by atoms with Crippen molar-refractivity contribution in [2.24, 2.45) is 5.92 Å². The number of pyridine rings is 1. The lowest BCUT2D eigenvalue weighted by molar-refractivity contribution is -0.122. The van der Waals surface area contributed by atoms with E-state index in [4.69, 9.17) is 0 Å². The van der Waals surface area contributed by atoms with E-state index in [2.05, 4.69) is 15.6 Å². The van der Waals surface area contributed by atoms with E-state index in [1.165, 1.54) is 6.08 Å². The Kier molecular flexibility index (Phi) is 5.57. The molecular weight excluding hydrogens is 314 g/mol. The molecule has 25 heavy (non-hydrogen) atoms. The summed E-state index contributed by atoms with van der Waals surface area (Å²) in [5.74, 6) is 0.0559. The van der Waals surface area contributed by atoms with Crippen LogP contribution in [0.15, 0.2) is 54.7 Å². The van der Waals surface area contributed by atoms with Crippen LogP contribution in [-0.2, 0) is 16.1 Å². The van der Waals surface area contributed by atoms with Crippen LogP contribution >= 0.6 is 0 Å². The maximum atomic E-state index is 12.0. The highest BCUT2D eigenvalue weighted by Crippen LogP contribution is 2.27. The molecule has 1 aliphatic rings. The number of rotatable bonds is 6. The summed E-state index contributed by atoms with van der Waals surface area (Å²) >= 11 is 0. The minimum Gasteiger partial charge on any atom is -0.348 e. The Morgan fingerprint density at radius 3 is 2.76 bits per heavy atom. The van der Waals surface area contributed by atoms with Crippen LogP contribution in [-0.4, -0.2) is 16.8 Å². The number of carbonyl (C=O) groups is 2. The number of hydrogen-bond donors (Lipinski definition) is 2. The zero-order chi connectivity index (χ0) is 17.5. The van der Waals surface area contributed by atoms with E-state index >= 15 is 0 Å². The van der Waals surface area contributed by atoms with Gasteiger partial charge in [-0.15, -0.1) is 0 Å². The highest BCUT2D eigenvalue weighted by Gasteiger charge is 2.25. The van der Waals surface area contributed by atoms with Gasteiger partial charge in [0, 0.05) is 30.4 Å². The van der Waals surface area contributed by atoms with Crippen molar-refractivity contribution < 1.29 is 9.59 Å². The van der Waals surface area contributed by atoms with Crippen molar-refractivity contribution in [2.75, 3.05) is 5.32 Å². The van der Waals surface area contributed by atoms with Gasteiger partial charge in [-0.3, -0.25) is 14.6 Å². The molecule has 0 atom stereocenters. The summed E-state index contributed by atoms with van der Waals surface area (Å²) in [5, 5.41) is 5.77. The number of aromatic nitrogens is 1. The van der Waals surface area contributed by atoms with Crippen molar-refractivity contribution >= 4 is 23.6 Å². The lowest BCUT2D eigenvalue weighted by Gasteiger charge is -2.24. The summed E-state index contributed by atoms with van der Waals surface area (Å²) in [5.41, 5.74) is 2.44. The highest BCUT2D eigenvalue weighted by atomic mass is 16.2. The molecular formula is C20H21N3O2. The van der Waals surface area contributed by atoms with Crippen molar-refractivity contribution in [1.29, 1.82) is 0 Å². The van der Waals surface area contributed by atoms with Gasteiger partial charge in [-0.25, -0.2) is 0 Å². The summed E-state index contributed by atoms with van der Waals surface area (Å²) in [6.45, 7) is 0.401. The fourth-order valence-electron chi connectivity index (χ4n) is 2.56. The Morgan fingerprint density at radius 2 is 2.04 bits per heavy atom.